The second-order valence-electron chi connectivity index (χ2n) is 3.42. The maximum Gasteiger partial charge on any atom is 0.129 e. The summed E-state index contributed by atoms with van der Waals surface area (Å²) in [6.45, 7) is 4.55. The fourth-order valence-electron chi connectivity index (χ4n) is 1.22. The first-order valence-corrected chi connectivity index (χ1v) is 4.16. The molecule has 1 aromatic rings. The molecule has 2 rings (SSSR count). The van der Waals surface area contributed by atoms with E-state index in [1.165, 1.54) is 0 Å². The molecular formula is C9H13NO2. The highest BCUT2D eigenvalue weighted by Crippen LogP contribution is 2.17. The summed E-state index contributed by atoms with van der Waals surface area (Å²) in [5.74, 6) is 0.892. The first kappa shape index (κ1) is 7.83. The number of ether oxygens (including phenoxy) is 1. The Morgan fingerprint density at radius 2 is 2.50 bits per heavy atom. The van der Waals surface area contributed by atoms with Gasteiger partial charge in [-0.3, -0.25) is 0 Å². The normalized spacial score (nSPS) is 20.4. The molecule has 2 heterocycles. The smallest absolute Gasteiger partial charge is 0.129 e. The van der Waals surface area contributed by atoms with Crippen molar-refractivity contribution in [3.63, 3.8) is 0 Å². The second kappa shape index (κ2) is 2.92. The minimum atomic E-state index is 0.0206. The summed E-state index contributed by atoms with van der Waals surface area (Å²) in [6.07, 6.45) is 1.67. The van der Waals surface area contributed by atoms with Crippen molar-refractivity contribution in [2.24, 2.45) is 0 Å². The van der Waals surface area contributed by atoms with E-state index in [-0.39, 0.29) is 5.60 Å². The molecule has 0 bridgehead atoms. The monoisotopic (exact) mass is 167 g/mol. The summed E-state index contributed by atoms with van der Waals surface area (Å²) in [5.41, 5.74) is 0.0206. The van der Waals surface area contributed by atoms with Gasteiger partial charge in [0.15, 0.2) is 0 Å². The number of nitrogens with one attached hydrogen (secondary N) is 1. The molecule has 1 aliphatic rings. The molecule has 0 unspecified atom stereocenters. The average Bonchev–Trinajstić information content (AvgIpc) is 2.49. The van der Waals surface area contributed by atoms with E-state index in [2.05, 4.69) is 12.2 Å². The van der Waals surface area contributed by atoms with Crippen molar-refractivity contribution >= 4 is 0 Å². The molecular weight excluding hydrogens is 154 g/mol. The summed E-state index contributed by atoms with van der Waals surface area (Å²) in [4.78, 5) is 0. The molecule has 0 spiro atoms. The molecule has 0 amide bonds. The van der Waals surface area contributed by atoms with Gasteiger partial charge < -0.3 is 14.5 Å². The quantitative estimate of drug-likeness (QED) is 0.733. The lowest BCUT2D eigenvalue weighted by atomic mass is 10.0. The van der Waals surface area contributed by atoms with Gasteiger partial charge in [0, 0.05) is 13.1 Å². The van der Waals surface area contributed by atoms with Crippen LogP contribution in [0.15, 0.2) is 22.8 Å². The maximum absolute atomic E-state index is 5.65. The van der Waals surface area contributed by atoms with Crippen LogP contribution in [0.4, 0.5) is 0 Å². The molecule has 1 N–H and O–H groups in total. The lowest BCUT2D eigenvalue weighted by Crippen LogP contribution is -2.58. The second-order valence-corrected chi connectivity index (χ2v) is 3.42. The van der Waals surface area contributed by atoms with Gasteiger partial charge in [-0.1, -0.05) is 0 Å². The third kappa shape index (κ3) is 1.52. The predicted molar refractivity (Wildman–Crippen MR) is 44.8 cm³/mol. The molecule has 1 aliphatic heterocycles. The van der Waals surface area contributed by atoms with Crippen molar-refractivity contribution in [1.82, 2.24) is 5.32 Å². The minimum absolute atomic E-state index is 0.0206. The van der Waals surface area contributed by atoms with Crippen LogP contribution in [-0.2, 0) is 11.3 Å². The van der Waals surface area contributed by atoms with Gasteiger partial charge in [-0.15, -0.1) is 0 Å². The fourth-order valence-corrected chi connectivity index (χ4v) is 1.22. The molecule has 66 valence electrons. The van der Waals surface area contributed by atoms with Crippen LogP contribution in [0.25, 0.3) is 0 Å². The molecule has 0 saturated carbocycles. The lowest BCUT2D eigenvalue weighted by Gasteiger charge is -2.38. The summed E-state index contributed by atoms with van der Waals surface area (Å²) in [5, 5.41) is 3.18. The van der Waals surface area contributed by atoms with Crippen LogP contribution < -0.4 is 5.32 Å². The van der Waals surface area contributed by atoms with Gasteiger partial charge >= 0.3 is 0 Å². The molecule has 0 atom stereocenters. The Bertz CT molecular complexity index is 239. The van der Waals surface area contributed by atoms with E-state index in [1.54, 1.807) is 6.26 Å². The highest BCUT2D eigenvalue weighted by Gasteiger charge is 2.32. The van der Waals surface area contributed by atoms with Crippen molar-refractivity contribution in [3.05, 3.63) is 24.2 Å². The molecule has 1 fully saturated rings. The number of furan rings is 1. The van der Waals surface area contributed by atoms with Crippen LogP contribution >= 0.6 is 0 Å². The number of rotatable bonds is 3. The first-order valence-electron chi connectivity index (χ1n) is 4.16. The first-order chi connectivity index (χ1) is 5.79. The van der Waals surface area contributed by atoms with Crippen LogP contribution in [0, 0.1) is 0 Å². The minimum Gasteiger partial charge on any atom is -0.467 e. The Hall–Kier alpha value is -0.800. The van der Waals surface area contributed by atoms with E-state index in [0.29, 0.717) is 6.61 Å². The van der Waals surface area contributed by atoms with Crippen molar-refractivity contribution in [2.45, 2.75) is 19.1 Å². The molecule has 0 aromatic carbocycles. The highest BCUT2D eigenvalue weighted by molar-refractivity contribution is 4.98. The molecule has 1 aromatic heterocycles. The third-order valence-electron chi connectivity index (χ3n) is 2.14. The van der Waals surface area contributed by atoms with E-state index in [1.807, 2.05) is 12.1 Å². The zero-order chi connectivity index (χ0) is 8.44. The molecule has 1 saturated heterocycles. The van der Waals surface area contributed by atoms with E-state index in [0.717, 1.165) is 18.8 Å². The Balaban J connectivity index is 1.82. The van der Waals surface area contributed by atoms with Crippen LogP contribution in [0.2, 0.25) is 0 Å². The van der Waals surface area contributed by atoms with Crippen molar-refractivity contribution in [2.75, 3.05) is 13.1 Å². The van der Waals surface area contributed by atoms with E-state index < -0.39 is 0 Å². The van der Waals surface area contributed by atoms with Crippen LogP contribution in [-0.4, -0.2) is 18.7 Å². The Kier molecular flexibility index (Phi) is 1.90. The summed E-state index contributed by atoms with van der Waals surface area (Å²) in [7, 11) is 0. The van der Waals surface area contributed by atoms with Crippen molar-refractivity contribution < 1.29 is 9.15 Å². The van der Waals surface area contributed by atoms with Crippen LogP contribution in [0.3, 0.4) is 0 Å². The molecule has 12 heavy (non-hydrogen) atoms. The molecule has 3 heteroatoms. The Morgan fingerprint density at radius 1 is 1.67 bits per heavy atom. The van der Waals surface area contributed by atoms with E-state index in [4.69, 9.17) is 9.15 Å². The zero-order valence-electron chi connectivity index (χ0n) is 7.17. The molecule has 3 nitrogen and oxygen atoms in total. The lowest BCUT2D eigenvalue weighted by molar-refractivity contribution is -0.0817. The van der Waals surface area contributed by atoms with Gasteiger partial charge in [0.25, 0.3) is 0 Å². The summed E-state index contributed by atoms with van der Waals surface area (Å²) >= 11 is 0. The Labute approximate surface area is 71.7 Å². The van der Waals surface area contributed by atoms with Gasteiger partial charge in [-0.05, 0) is 19.1 Å². The van der Waals surface area contributed by atoms with Gasteiger partial charge in [-0.2, -0.15) is 0 Å². The van der Waals surface area contributed by atoms with Gasteiger partial charge in [0.2, 0.25) is 0 Å². The summed E-state index contributed by atoms with van der Waals surface area (Å²) < 4.78 is 10.8. The zero-order valence-corrected chi connectivity index (χ0v) is 7.17. The van der Waals surface area contributed by atoms with Crippen molar-refractivity contribution in [3.8, 4) is 0 Å². The van der Waals surface area contributed by atoms with E-state index in [9.17, 15) is 0 Å². The fraction of sp³-hybridized carbons (Fsp3) is 0.556. The van der Waals surface area contributed by atoms with Gasteiger partial charge in [0.1, 0.15) is 12.4 Å². The number of hydrogen-bond acceptors (Lipinski definition) is 3. The van der Waals surface area contributed by atoms with E-state index >= 15 is 0 Å². The maximum atomic E-state index is 5.65. The highest BCUT2D eigenvalue weighted by atomic mass is 16.5. The van der Waals surface area contributed by atoms with Crippen molar-refractivity contribution in [1.29, 1.82) is 0 Å². The van der Waals surface area contributed by atoms with Gasteiger partial charge in [-0.25, -0.2) is 0 Å². The van der Waals surface area contributed by atoms with Crippen LogP contribution in [0.5, 0.6) is 0 Å². The van der Waals surface area contributed by atoms with Crippen LogP contribution in [0.1, 0.15) is 12.7 Å². The standard InChI is InChI=1S/C9H13NO2/c1-9(6-10-7-9)12-5-8-3-2-4-11-8/h2-4,10H,5-7H2,1H3. The Morgan fingerprint density at radius 3 is 3.00 bits per heavy atom. The summed E-state index contributed by atoms with van der Waals surface area (Å²) in [6, 6.07) is 3.80. The third-order valence-corrected chi connectivity index (χ3v) is 2.14. The molecule has 0 radical (unpaired) electrons. The average molecular weight is 167 g/mol. The topological polar surface area (TPSA) is 34.4 Å². The SMILES string of the molecule is CC1(OCc2ccco2)CNC1. The van der Waals surface area contributed by atoms with Gasteiger partial charge in [0.05, 0.1) is 11.9 Å². The predicted octanol–water partition coefficient (Wildman–Crippen LogP) is 1.16. The molecule has 0 aliphatic carbocycles. The number of hydrogen-bond donors (Lipinski definition) is 1. The largest absolute Gasteiger partial charge is 0.467 e.